The Balaban J connectivity index is 1.84. The lowest BCUT2D eigenvalue weighted by Crippen LogP contribution is -2.27. The van der Waals surface area contributed by atoms with Gasteiger partial charge in [-0.05, 0) is 49.9 Å². The van der Waals surface area contributed by atoms with Crippen LogP contribution in [0, 0.1) is 13.8 Å². The first-order chi connectivity index (χ1) is 12.1. The molecule has 4 heteroatoms. The van der Waals surface area contributed by atoms with Crippen LogP contribution in [0.15, 0.2) is 54.6 Å². The van der Waals surface area contributed by atoms with Crippen molar-refractivity contribution in [2.45, 2.75) is 32.7 Å². The molecule has 1 fully saturated rings. The number of aryl methyl sites for hydroxylation is 2. The molecule has 1 heterocycles. The first-order valence-corrected chi connectivity index (χ1v) is 8.66. The number of aromatic nitrogens is 2. The molecule has 25 heavy (non-hydrogen) atoms. The van der Waals surface area contributed by atoms with E-state index in [1.807, 2.05) is 43.3 Å². The van der Waals surface area contributed by atoms with Gasteiger partial charge in [-0.2, -0.15) is 5.10 Å². The van der Waals surface area contributed by atoms with Crippen molar-refractivity contribution in [1.82, 2.24) is 15.1 Å². The second kappa shape index (κ2) is 6.20. The van der Waals surface area contributed by atoms with Crippen LogP contribution in [0.4, 0.5) is 0 Å². The van der Waals surface area contributed by atoms with Crippen molar-refractivity contribution < 1.29 is 4.79 Å². The summed E-state index contributed by atoms with van der Waals surface area (Å²) in [5.41, 5.74) is 5.58. The fourth-order valence-corrected chi connectivity index (χ4v) is 2.91. The largest absolute Gasteiger partial charge is 0.348 e. The summed E-state index contributed by atoms with van der Waals surface area (Å²) in [5, 5.41) is 7.84. The normalized spacial score (nSPS) is 13.7. The van der Waals surface area contributed by atoms with Gasteiger partial charge in [-0.25, -0.2) is 4.68 Å². The van der Waals surface area contributed by atoms with Crippen LogP contribution in [-0.2, 0) is 0 Å². The van der Waals surface area contributed by atoms with E-state index in [9.17, 15) is 4.79 Å². The zero-order chi connectivity index (χ0) is 17.4. The van der Waals surface area contributed by atoms with Crippen molar-refractivity contribution in [3.8, 4) is 16.9 Å². The number of carbonyl (C=O) groups is 1. The SMILES string of the molecule is Cc1ccc(C)c(-n2nc(-c3ccccc3)cc2C(=O)NC2CC2)c1. The molecule has 1 amide bonds. The lowest BCUT2D eigenvalue weighted by Gasteiger charge is -2.11. The van der Waals surface area contributed by atoms with E-state index < -0.39 is 0 Å². The Hall–Kier alpha value is -2.88. The summed E-state index contributed by atoms with van der Waals surface area (Å²) < 4.78 is 1.78. The maximum Gasteiger partial charge on any atom is 0.270 e. The number of nitrogens with one attached hydrogen (secondary N) is 1. The fourth-order valence-electron chi connectivity index (χ4n) is 2.91. The Bertz CT molecular complexity index is 924. The van der Waals surface area contributed by atoms with Crippen LogP contribution < -0.4 is 5.32 Å². The first-order valence-electron chi connectivity index (χ1n) is 8.66. The van der Waals surface area contributed by atoms with Crippen LogP contribution in [0.25, 0.3) is 16.9 Å². The molecule has 4 rings (SSSR count). The molecule has 1 saturated carbocycles. The van der Waals surface area contributed by atoms with E-state index in [0.717, 1.165) is 40.9 Å². The molecule has 126 valence electrons. The molecule has 1 aliphatic rings. The maximum atomic E-state index is 12.8. The van der Waals surface area contributed by atoms with Gasteiger partial charge in [0.25, 0.3) is 5.91 Å². The Morgan fingerprint density at radius 3 is 2.56 bits per heavy atom. The first kappa shape index (κ1) is 15.6. The Labute approximate surface area is 147 Å². The van der Waals surface area contributed by atoms with Crippen molar-refractivity contribution >= 4 is 5.91 Å². The van der Waals surface area contributed by atoms with Gasteiger partial charge in [0.1, 0.15) is 5.69 Å². The van der Waals surface area contributed by atoms with Gasteiger partial charge in [-0.15, -0.1) is 0 Å². The van der Waals surface area contributed by atoms with Crippen LogP contribution in [0.5, 0.6) is 0 Å². The molecule has 0 atom stereocenters. The van der Waals surface area contributed by atoms with Crippen molar-refractivity contribution in [3.05, 3.63) is 71.4 Å². The lowest BCUT2D eigenvalue weighted by atomic mass is 10.1. The zero-order valence-corrected chi connectivity index (χ0v) is 14.5. The monoisotopic (exact) mass is 331 g/mol. The lowest BCUT2D eigenvalue weighted by molar-refractivity contribution is 0.0943. The van der Waals surface area contributed by atoms with Gasteiger partial charge < -0.3 is 5.32 Å². The molecule has 0 unspecified atom stereocenters. The van der Waals surface area contributed by atoms with Crippen LogP contribution >= 0.6 is 0 Å². The number of amides is 1. The smallest absolute Gasteiger partial charge is 0.270 e. The molecular formula is C21H21N3O. The highest BCUT2D eigenvalue weighted by Gasteiger charge is 2.26. The molecule has 0 spiro atoms. The summed E-state index contributed by atoms with van der Waals surface area (Å²) >= 11 is 0. The molecule has 1 aromatic heterocycles. The van der Waals surface area contributed by atoms with Crippen LogP contribution in [-0.4, -0.2) is 21.7 Å². The van der Waals surface area contributed by atoms with Gasteiger partial charge in [-0.1, -0.05) is 42.5 Å². The maximum absolute atomic E-state index is 12.8. The summed E-state index contributed by atoms with van der Waals surface area (Å²) in [7, 11) is 0. The number of nitrogens with zero attached hydrogens (tertiary/aromatic N) is 2. The molecular weight excluding hydrogens is 310 g/mol. The molecule has 0 saturated heterocycles. The second-order valence-electron chi connectivity index (χ2n) is 6.73. The number of rotatable bonds is 4. The Morgan fingerprint density at radius 2 is 1.84 bits per heavy atom. The van der Waals surface area contributed by atoms with Crippen molar-refractivity contribution in [2.75, 3.05) is 0 Å². The van der Waals surface area contributed by atoms with E-state index in [1.54, 1.807) is 4.68 Å². The Morgan fingerprint density at radius 1 is 1.08 bits per heavy atom. The number of benzene rings is 2. The Kier molecular flexibility index (Phi) is 3.88. The molecule has 3 aromatic rings. The van der Waals surface area contributed by atoms with Gasteiger partial charge in [0, 0.05) is 11.6 Å². The highest BCUT2D eigenvalue weighted by atomic mass is 16.2. The summed E-state index contributed by atoms with van der Waals surface area (Å²) in [4.78, 5) is 12.8. The average Bonchev–Trinajstić information content (AvgIpc) is 3.32. The molecule has 0 bridgehead atoms. The number of hydrogen-bond acceptors (Lipinski definition) is 2. The summed E-state index contributed by atoms with van der Waals surface area (Å²) in [6.45, 7) is 4.09. The third-order valence-corrected chi connectivity index (χ3v) is 4.52. The van der Waals surface area contributed by atoms with Crippen LogP contribution in [0.1, 0.15) is 34.5 Å². The van der Waals surface area contributed by atoms with E-state index in [1.165, 1.54) is 0 Å². The predicted molar refractivity (Wildman–Crippen MR) is 99.0 cm³/mol. The standard InChI is InChI=1S/C21H21N3O/c1-14-8-9-15(2)19(12-14)24-20(21(25)22-17-10-11-17)13-18(23-24)16-6-4-3-5-7-16/h3-9,12-13,17H,10-11H2,1-2H3,(H,22,25). The molecule has 2 aromatic carbocycles. The van der Waals surface area contributed by atoms with Gasteiger partial charge in [-0.3, -0.25) is 4.79 Å². The van der Waals surface area contributed by atoms with E-state index in [4.69, 9.17) is 5.10 Å². The topological polar surface area (TPSA) is 46.9 Å². The second-order valence-corrected chi connectivity index (χ2v) is 6.73. The third-order valence-electron chi connectivity index (χ3n) is 4.52. The number of hydrogen-bond donors (Lipinski definition) is 1. The van der Waals surface area contributed by atoms with Crippen molar-refractivity contribution in [2.24, 2.45) is 0 Å². The third kappa shape index (κ3) is 3.20. The summed E-state index contributed by atoms with van der Waals surface area (Å²) in [5.74, 6) is -0.0573. The minimum absolute atomic E-state index is 0.0573. The average molecular weight is 331 g/mol. The van der Waals surface area contributed by atoms with Crippen molar-refractivity contribution in [3.63, 3.8) is 0 Å². The summed E-state index contributed by atoms with van der Waals surface area (Å²) in [6, 6.07) is 18.4. The van der Waals surface area contributed by atoms with E-state index >= 15 is 0 Å². The molecule has 1 aliphatic carbocycles. The van der Waals surface area contributed by atoms with E-state index in [2.05, 4.69) is 30.4 Å². The highest BCUT2D eigenvalue weighted by Crippen LogP contribution is 2.25. The predicted octanol–water partition coefficient (Wildman–Crippen LogP) is 4.05. The minimum atomic E-state index is -0.0573. The van der Waals surface area contributed by atoms with Gasteiger partial charge in [0.05, 0.1) is 11.4 Å². The van der Waals surface area contributed by atoms with Crippen molar-refractivity contribution in [1.29, 1.82) is 0 Å². The zero-order valence-electron chi connectivity index (χ0n) is 14.5. The van der Waals surface area contributed by atoms with Gasteiger partial charge in [0.2, 0.25) is 0 Å². The van der Waals surface area contributed by atoms with E-state index in [-0.39, 0.29) is 5.91 Å². The van der Waals surface area contributed by atoms with Gasteiger partial charge in [0.15, 0.2) is 0 Å². The molecule has 0 aliphatic heterocycles. The number of carbonyl (C=O) groups excluding carboxylic acids is 1. The minimum Gasteiger partial charge on any atom is -0.348 e. The highest BCUT2D eigenvalue weighted by molar-refractivity contribution is 5.94. The van der Waals surface area contributed by atoms with Crippen LogP contribution in [0.3, 0.4) is 0 Å². The van der Waals surface area contributed by atoms with Gasteiger partial charge >= 0.3 is 0 Å². The molecule has 4 nitrogen and oxygen atoms in total. The molecule has 0 radical (unpaired) electrons. The quantitative estimate of drug-likeness (QED) is 0.784. The fraction of sp³-hybridized carbons (Fsp3) is 0.238. The summed E-state index contributed by atoms with van der Waals surface area (Å²) in [6.07, 6.45) is 2.13. The van der Waals surface area contributed by atoms with Crippen LogP contribution in [0.2, 0.25) is 0 Å². The van der Waals surface area contributed by atoms with E-state index in [0.29, 0.717) is 11.7 Å². The molecule has 1 N–H and O–H groups in total.